The molecule has 2 aromatic heterocycles. The van der Waals surface area contributed by atoms with Gasteiger partial charge in [0.15, 0.2) is 5.69 Å². The summed E-state index contributed by atoms with van der Waals surface area (Å²) in [6.45, 7) is 5.73. The third kappa shape index (κ3) is 4.18. The number of carbonyl (C=O) groups is 2. The Kier molecular flexibility index (Phi) is 6.06. The van der Waals surface area contributed by atoms with Gasteiger partial charge in [-0.2, -0.15) is 5.10 Å². The molecule has 3 aromatic rings. The van der Waals surface area contributed by atoms with Crippen molar-refractivity contribution in [3.63, 3.8) is 0 Å². The predicted molar refractivity (Wildman–Crippen MR) is 106 cm³/mol. The molecule has 0 radical (unpaired) electrons. The molecule has 0 fully saturated rings. The fourth-order valence-corrected chi connectivity index (χ4v) is 3.11. The summed E-state index contributed by atoms with van der Waals surface area (Å²) < 4.78 is 6.28. The lowest BCUT2D eigenvalue weighted by atomic mass is 10.1. The molecule has 0 saturated heterocycles. The van der Waals surface area contributed by atoms with Crippen molar-refractivity contribution in [2.75, 3.05) is 0 Å². The van der Waals surface area contributed by atoms with Crippen molar-refractivity contribution in [1.82, 2.24) is 25.8 Å². The van der Waals surface area contributed by atoms with Crippen LogP contribution in [0.4, 0.5) is 0 Å². The van der Waals surface area contributed by atoms with Crippen LogP contribution in [-0.4, -0.2) is 26.8 Å². The number of amides is 2. The Bertz CT molecular complexity index is 1100. The SMILES string of the molecule is CCCCCn1nc(C(=O)NNC(=O)c2c(C)noc2C)c2ccccc2c1=O. The van der Waals surface area contributed by atoms with E-state index < -0.39 is 11.8 Å². The number of hydrogen-bond donors (Lipinski definition) is 2. The first-order chi connectivity index (χ1) is 13.9. The first-order valence-electron chi connectivity index (χ1n) is 9.47. The van der Waals surface area contributed by atoms with E-state index in [4.69, 9.17) is 4.52 Å². The van der Waals surface area contributed by atoms with Crippen LogP contribution in [0, 0.1) is 13.8 Å². The number of carbonyl (C=O) groups excluding carboxylic acids is 2. The second-order valence-corrected chi connectivity index (χ2v) is 6.74. The highest BCUT2D eigenvalue weighted by Crippen LogP contribution is 2.14. The Morgan fingerprint density at radius 3 is 2.41 bits per heavy atom. The van der Waals surface area contributed by atoms with Gasteiger partial charge in [-0.3, -0.25) is 25.2 Å². The van der Waals surface area contributed by atoms with E-state index >= 15 is 0 Å². The Hall–Kier alpha value is -3.49. The number of fused-ring (bicyclic) bond motifs is 1. The van der Waals surface area contributed by atoms with Crippen molar-refractivity contribution in [1.29, 1.82) is 0 Å². The Labute approximate surface area is 167 Å². The van der Waals surface area contributed by atoms with Crippen LogP contribution in [0.2, 0.25) is 0 Å². The molecule has 1 aromatic carbocycles. The zero-order valence-electron chi connectivity index (χ0n) is 16.6. The molecule has 0 bridgehead atoms. The molecule has 29 heavy (non-hydrogen) atoms. The third-order valence-corrected chi connectivity index (χ3v) is 4.61. The van der Waals surface area contributed by atoms with Gasteiger partial charge in [0, 0.05) is 11.9 Å². The highest BCUT2D eigenvalue weighted by molar-refractivity contribution is 6.06. The molecule has 3 rings (SSSR count). The summed E-state index contributed by atoms with van der Waals surface area (Å²) in [6.07, 6.45) is 2.74. The third-order valence-electron chi connectivity index (χ3n) is 4.61. The van der Waals surface area contributed by atoms with Gasteiger partial charge >= 0.3 is 0 Å². The highest BCUT2D eigenvalue weighted by atomic mass is 16.5. The van der Waals surface area contributed by atoms with Crippen LogP contribution < -0.4 is 16.4 Å². The first kappa shape index (κ1) is 20.2. The van der Waals surface area contributed by atoms with Gasteiger partial charge in [0.25, 0.3) is 17.4 Å². The van der Waals surface area contributed by atoms with Gasteiger partial charge in [-0.25, -0.2) is 4.68 Å². The number of rotatable bonds is 6. The molecule has 2 heterocycles. The molecule has 0 unspecified atom stereocenters. The fraction of sp³-hybridized carbons (Fsp3) is 0.350. The van der Waals surface area contributed by atoms with Crippen LogP contribution in [0.3, 0.4) is 0 Å². The van der Waals surface area contributed by atoms with Crippen molar-refractivity contribution in [2.45, 2.75) is 46.6 Å². The molecule has 9 nitrogen and oxygen atoms in total. The molecule has 0 aliphatic rings. The molecule has 0 aliphatic heterocycles. The van der Waals surface area contributed by atoms with Gasteiger partial charge in [0.1, 0.15) is 11.3 Å². The van der Waals surface area contributed by atoms with E-state index in [0.29, 0.717) is 28.8 Å². The fourth-order valence-electron chi connectivity index (χ4n) is 3.11. The quantitative estimate of drug-likeness (QED) is 0.486. The molecule has 2 N–H and O–H groups in total. The second-order valence-electron chi connectivity index (χ2n) is 6.74. The summed E-state index contributed by atoms with van der Waals surface area (Å²) in [5, 5.41) is 8.81. The van der Waals surface area contributed by atoms with Crippen molar-refractivity contribution in [2.24, 2.45) is 0 Å². The summed E-state index contributed by atoms with van der Waals surface area (Å²) in [7, 11) is 0. The maximum Gasteiger partial charge on any atom is 0.290 e. The smallest absolute Gasteiger partial charge is 0.290 e. The number of nitrogens with zero attached hydrogens (tertiary/aromatic N) is 3. The molecule has 0 aliphatic carbocycles. The zero-order valence-corrected chi connectivity index (χ0v) is 16.6. The van der Waals surface area contributed by atoms with Crippen LogP contribution in [0.1, 0.15) is 58.5 Å². The predicted octanol–water partition coefficient (Wildman–Crippen LogP) is 2.27. The summed E-state index contributed by atoms with van der Waals surface area (Å²) in [4.78, 5) is 37.8. The van der Waals surface area contributed by atoms with Crippen molar-refractivity contribution < 1.29 is 14.1 Å². The van der Waals surface area contributed by atoms with E-state index in [1.165, 1.54) is 4.68 Å². The first-order valence-corrected chi connectivity index (χ1v) is 9.47. The molecule has 0 spiro atoms. The zero-order chi connectivity index (χ0) is 21.0. The lowest BCUT2D eigenvalue weighted by Gasteiger charge is -2.12. The van der Waals surface area contributed by atoms with E-state index in [0.717, 1.165) is 19.3 Å². The van der Waals surface area contributed by atoms with Gasteiger partial charge in [0.05, 0.1) is 11.1 Å². The van der Waals surface area contributed by atoms with E-state index in [2.05, 4.69) is 28.0 Å². The van der Waals surface area contributed by atoms with Crippen LogP contribution >= 0.6 is 0 Å². The molecular weight excluding hydrogens is 374 g/mol. The molecule has 2 amide bonds. The van der Waals surface area contributed by atoms with Crippen LogP contribution in [-0.2, 0) is 6.54 Å². The minimum absolute atomic E-state index is 0.0655. The van der Waals surface area contributed by atoms with E-state index in [1.54, 1.807) is 38.1 Å². The normalized spacial score (nSPS) is 10.9. The molecular formula is C20H23N5O4. The maximum atomic E-state index is 12.8. The Morgan fingerprint density at radius 2 is 1.76 bits per heavy atom. The number of hydrazine groups is 1. The molecule has 0 saturated carbocycles. The maximum absolute atomic E-state index is 12.8. The van der Waals surface area contributed by atoms with Crippen molar-refractivity contribution >= 4 is 22.6 Å². The number of aryl methyl sites for hydroxylation is 3. The van der Waals surface area contributed by atoms with Crippen LogP contribution in [0.15, 0.2) is 33.6 Å². The number of unbranched alkanes of at least 4 members (excludes halogenated alkanes) is 2. The van der Waals surface area contributed by atoms with Crippen molar-refractivity contribution in [3.8, 4) is 0 Å². The van der Waals surface area contributed by atoms with Gasteiger partial charge in [-0.15, -0.1) is 0 Å². The topological polar surface area (TPSA) is 119 Å². The number of aromatic nitrogens is 3. The molecule has 0 atom stereocenters. The standard InChI is InChI=1S/C20H23N5O4/c1-4-5-8-11-25-20(28)15-10-7-6-9-14(15)17(23-25)19(27)22-21-18(26)16-12(2)24-29-13(16)3/h6-7,9-10H,4-5,8,11H2,1-3H3,(H,21,26)(H,22,27). The minimum Gasteiger partial charge on any atom is -0.361 e. The average molecular weight is 397 g/mol. The lowest BCUT2D eigenvalue weighted by molar-refractivity contribution is 0.0842. The average Bonchev–Trinajstić information content (AvgIpc) is 3.06. The Morgan fingerprint density at radius 1 is 1.07 bits per heavy atom. The van der Waals surface area contributed by atoms with Crippen molar-refractivity contribution in [3.05, 3.63) is 57.3 Å². The van der Waals surface area contributed by atoms with Crippen LogP contribution in [0.25, 0.3) is 10.8 Å². The van der Waals surface area contributed by atoms with E-state index in [-0.39, 0.29) is 16.8 Å². The van der Waals surface area contributed by atoms with Gasteiger partial charge in [-0.05, 0) is 26.3 Å². The number of benzene rings is 1. The monoisotopic (exact) mass is 397 g/mol. The van der Waals surface area contributed by atoms with Gasteiger partial charge in [-0.1, -0.05) is 43.1 Å². The van der Waals surface area contributed by atoms with E-state index in [9.17, 15) is 14.4 Å². The summed E-state index contributed by atoms with van der Waals surface area (Å²) >= 11 is 0. The largest absolute Gasteiger partial charge is 0.361 e. The number of nitrogens with one attached hydrogen (secondary N) is 2. The Balaban J connectivity index is 1.87. The van der Waals surface area contributed by atoms with E-state index in [1.807, 2.05) is 0 Å². The second kappa shape index (κ2) is 8.68. The van der Waals surface area contributed by atoms with Gasteiger partial charge < -0.3 is 4.52 Å². The summed E-state index contributed by atoms with van der Waals surface area (Å²) in [6, 6.07) is 6.78. The lowest BCUT2D eigenvalue weighted by Crippen LogP contribution is -2.43. The summed E-state index contributed by atoms with van der Waals surface area (Å²) in [5.74, 6) is -0.817. The molecule has 152 valence electrons. The minimum atomic E-state index is -0.620. The highest BCUT2D eigenvalue weighted by Gasteiger charge is 2.20. The van der Waals surface area contributed by atoms with Gasteiger partial charge in [0.2, 0.25) is 0 Å². The molecule has 9 heteroatoms. The summed E-state index contributed by atoms with van der Waals surface area (Å²) in [5.41, 5.74) is 5.21. The number of hydrogen-bond acceptors (Lipinski definition) is 6. The van der Waals surface area contributed by atoms with Crippen LogP contribution in [0.5, 0.6) is 0 Å².